The van der Waals surface area contributed by atoms with E-state index in [-0.39, 0.29) is 31.1 Å². The van der Waals surface area contributed by atoms with Crippen molar-refractivity contribution < 1.29 is 28.6 Å². The number of unbranched alkanes of at least 4 members (excludes halogenated alkanes) is 30. The van der Waals surface area contributed by atoms with Gasteiger partial charge in [0.25, 0.3) is 0 Å². The van der Waals surface area contributed by atoms with Crippen molar-refractivity contribution in [1.82, 2.24) is 0 Å². The first-order chi connectivity index (χ1) is 38.5. The summed E-state index contributed by atoms with van der Waals surface area (Å²) in [5.41, 5.74) is 0. The molecule has 0 aliphatic carbocycles. The van der Waals surface area contributed by atoms with E-state index in [1.54, 1.807) is 0 Å². The number of carbonyl (C=O) groups excluding carboxylic acids is 3. The molecule has 0 rings (SSSR count). The van der Waals surface area contributed by atoms with Crippen LogP contribution < -0.4 is 0 Å². The average molecular weight is 1080 g/mol. The quantitative estimate of drug-likeness (QED) is 0.0261. The molecule has 0 heterocycles. The van der Waals surface area contributed by atoms with E-state index in [0.29, 0.717) is 19.3 Å². The highest BCUT2D eigenvalue weighted by atomic mass is 16.6. The molecule has 0 N–H and O–H groups in total. The van der Waals surface area contributed by atoms with Crippen molar-refractivity contribution in [3.63, 3.8) is 0 Å². The van der Waals surface area contributed by atoms with Crippen LogP contribution in [0.5, 0.6) is 0 Å². The van der Waals surface area contributed by atoms with E-state index >= 15 is 0 Å². The van der Waals surface area contributed by atoms with E-state index in [1.807, 2.05) is 0 Å². The molecule has 0 aromatic carbocycles. The van der Waals surface area contributed by atoms with Crippen LogP contribution in [0.1, 0.15) is 310 Å². The maximum atomic E-state index is 12.9. The van der Waals surface area contributed by atoms with E-state index in [9.17, 15) is 14.4 Å². The molecule has 0 fully saturated rings. The largest absolute Gasteiger partial charge is 0.462 e. The van der Waals surface area contributed by atoms with Crippen LogP contribution >= 0.6 is 0 Å². The number of carbonyl (C=O) groups is 3. The maximum absolute atomic E-state index is 12.9. The van der Waals surface area contributed by atoms with Gasteiger partial charge in [-0.05, 0) is 122 Å². The van der Waals surface area contributed by atoms with Gasteiger partial charge in [-0.2, -0.15) is 0 Å². The fourth-order valence-corrected chi connectivity index (χ4v) is 9.05. The average Bonchev–Trinajstić information content (AvgIpc) is 3.44. The Morgan fingerprint density at radius 3 is 0.821 bits per heavy atom. The first-order valence-electron chi connectivity index (χ1n) is 32.9. The van der Waals surface area contributed by atoms with Gasteiger partial charge in [-0.15, -0.1) is 0 Å². The summed E-state index contributed by atoms with van der Waals surface area (Å²) in [6.45, 7) is 6.47. The predicted octanol–water partition coefficient (Wildman–Crippen LogP) is 22.6. The lowest BCUT2D eigenvalue weighted by atomic mass is 10.0. The molecule has 78 heavy (non-hydrogen) atoms. The van der Waals surface area contributed by atoms with Gasteiger partial charge in [-0.1, -0.05) is 278 Å². The molecule has 446 valence electrons. The highest BCUT2D eigenvalue weighted by molar-refractivity contribution is 5.71. The van der Waals surface area contributed by atoms with Crippen molar-refractivity contribution in [2.45, 2.75) is 316 Å². The molecule has 0 amide bonds. The van der Waals surface area contributed by atoms with E-state index in [0.717, 1.165) is 135 Å². The van der Waals surface area contributed by atoms with Gasteiger partial charge in [0.1, 0.15) is 13.2 Å². The second-order valence-corrected chi connectivity index (χ2v) is 21.6. The van der Waals surface area contributed by atoms with Crippen LogP contribution in [-0.2, 0) is 28.6 Å². The van der Waals surface area contributed by atoms with Gasteiger partial charge in [0.05, 0.1) is 0 Å². The zero-order valence-electron chi connectivity index (χ0n) is 51.2. The van der Waals surface area contributed by atoms with Gasteiger partial charge in [0, 0.05) is 19.3 Å². The lowest BCUT2D eigenvalue weighted by molar-refractivity contribution is -0.167. The fourth-order valence-electron chi connectivity index (χ4n) is 9.05. The van der Waals surface area contributed by atoms with Crippen LogP contribution in [0.2, 0.25) is 0 Å². The second-order valence-electron chi connectivity index (χ2n) is 21.6. The van der Waals surface area contributed by atoms with E-state index in [4.69, 9.17) is 14.2 Å². The molecule has 1 unspecified atom stereocenters. The Hall–Kier alpha value is -3.93. The normalized spacial score (nSPS) is 12.8. The summed E-state index contributed by atoms with van der Waals surface area (Å²) >= 11 is 0. The molecule has 0 bridgehead atoms. The molecule has 0 spiro atoms. The van der Waals surface area contributed by atoms with Crippen LogP contribution in [0.4, 0.5) is 0 Å². The molecule has 6 nitrogen and oxygen atoms in total. The van der Waals surface area contributed by atoms with Crippen molar-refractivity contribution in [3.05, 3.63) is 109 Å². The summed E-state index contributed by atoms with van der Waals surface area (Å²) in [4.78, 5) is 38.4. The van der Waals surface area contributed by atoms with Crippen LogP contribution in [0.15, 0.2) is 109 Å². The van der Waals surface area contributed by atoms with Crippen molar-refractivity contribution in [1.29, 1.82) is 0 Å². The Kier molecular flexibility index (Phi) is 62.3. The molecule has 1 atom stereocenters. The fraction of sp³-hybridized carbons (Fsp3) is 0.708. The van der Waals surface area contributed by atoms with E-state index < -0.39 is 6.10 Å². The first-order valence-corrected chi connectivity index (χ1v) is 32.9. The third-order valence-corrected chi connectivity index (χ3v) is 14.0. The number of esters is 3. The lowest BCUT2D eigenvalue weighted by Crippen LogP contribution is -2.30. The van der Waals surface area contributed by atoms with E-state index in [2.05, 4.69) is 130 Å². The van der Waals surface area contributed by atoms with Gasteiger partial charge in [-0.3, -0.25) is 14.4 Å². The third-order valence-electron chi connectivity index (χ3n) is 14.0. The molecular weight excluding hydrogens is 961 g/mol. The zero-order valence-corrected chi connectivity index (χ0v) is 51.2. The smallest absolute Gasteiger partial charge is 0.306 e. The maximum Gasteiger partial charge on any atom is 0.306 e. The Bertz CT molecular complexity index is 1570. The molecule has 0 saturated carbocycles. The summed E-state index contributed by atoms with van der Waals surface area (Å²) < 4.78 is 16.9. The molecule has 0 aliphatic heterocycles. The minimum Gasteiger partial charge on any atom is -0.462 e. The molecule has 0 radical (unpaired) electrons. The summed E-state index contributed by atoms with van der Waals surface area (Å²) in [6, 6.07) is 0. The molecule has 0 saturated heterocycles. The molecule has 6 heteroatoms. The van der Waals surface area contributed by atoms with Crippen molar-refractivity contribution in [2.75, 3.05) is 13.2 Å². The minimum absolute atomic E-state index is 0.0892. The Labute approximate surface area is 482 Å². The number of rotatable bonds is 59. The highest BCUT2D eigenvalue weighted by Gasteiger charge is 2.19. The number of hydrogen-bond donors (Lipinski definition) is 0. The number of hydrogen-bond acceptors (Lipinski definition) is 6. The van der Waals surface area contributed by atoms with Crippen LogP contribution in [0.3, 0.4) is 0 Å². The Balaban J connectivity index is 4.37. The monoisotopic (exact) mass is 1080 g/mol. The number of allylic oxidation sites excluding steroid dienone is 18. The topological polar surface area (TPSA) is 78.9 Å². The van der Waals surface area contributed by atoms with Crippen molar-refractivity contribution in [3.8, 4) is 0 Å². The van der Waals surface area contributed by atoms with Crippen LogP contribution in [0.25, 0.3) is 0 Å². The van der Waals surface area contributed by atoms with Gasteiger partial charge in [0.15, 0.2) is 6.10 Å². The Morgan fingerprint density at radius 2 is 0.513 bits per heavy atom. The highest BCUT2D eigenvalue weighted by Crippen LogP contribution is 2.16. The Morgan fingerprint density at radius 1 is 0.269 bits per heavy atom. The third kappa shape index (κ3) is 62.9. The molecule has 0 aliphatic rings. The SMILES string of the molecule is CC/C=C\C/C=C\C/C=C\C/C=C\CCCCCCCCCCCCCCC(=O)OCC(COC(=O)CCCCCCC/C=C\C/C=C\CCCC)OC(=O)CCCCCCCC/C=C\C/C=C\C/C=C\CCCCCCC. The summed E-state index contributed by atoms with van der Waals surface area (Å²) in [5, 5.41) is 0. The molecular formula is C72H122O6. The summed E-state index contributed by atoms with van der Waals surface area (Å²) in [5.74, 6) is -0.910. The zero-order chi connectivity index (χ0) is 56.4. The van der Waals surface area contributed by atoms with Gasteiger partial charge in [-0.25, -0.2) is 0 Å². The van der Waals surface area contributed by atoms with Crippen LogP contribution in [-0.4, -0.2) is 37.2 Å². The lowest BCUT2D eigenvalue weighted by Gasteiger charge is -2.18. The predicted molar refractivity (Wildman–Crippen MR) is 339 cm³/mol. The molecule has 0 aromatic heterocycles. The van der Waals surface area contributed by atoms with Gasteiger partial charge < -0.3 is 14.2 Å². The second kappa shape index (κ2) is 65.6. The molecule has 0 aromatic rings. The van der Waals surface area contributed by atoms with E-state index in [1.165, 1.54) is 135 Å². The van der Waals surface area contributed by atoms with Crippen LogP contribution in [0, 0.1) is 0 Å². The van der Waals surface area contributed by atoms with Crippen molar-refractivity contribution >= 4 is 17.9 Å². The van der Waals surface area contributed by atoms with Crippen molar-refractivity contribution in [2.24, 2.45) is 0 Å². The standard InChI is InChI=1S/C72H122O6/c1-4-7-10-13-16-19-22-25-28-30-32-34-35-36-37-39-40-42-44-47-50-53-56-59-62-65-71(74)77-68-69(67-76-70(73)64-61-58-55-52-49-46-27-24-21-18-15-12-9-6-3)78-72(75)66-63-60-57-54-51-48-45-43-41-38-33-31-29-26-23-20-17-14-11-8-5-2/h7,10,15-16,18-19,23-28,31-34,41,43,69H,4-6,8-9,11-14,17,20-22,29-30,35-40,42,44-68H2,1-3H3/b10-7-,18-15-,19-16-,26-23-,27-24-,28-25-,33-31-,34-32-,43-41-. The van der Waals surface area contributed by atoms with Gasteiger partial charge >= 0.3 is 17.9 Å². The van der Waals surface area contributed by atoms with Gasteiger partial charge in [0.2, 0.25) is 0 Å². The summed E-state index contributed by atoms with van der Waals surface area (Å²) in [7, 11) is 0. The number of ether oxygens (including phenoxy) is 3. The first kappa shape index (κ1) is 74.1. The summed E-state index contributed by atoms with van der Waals surface area (Å²) in [6.07, 6.45) is 89.5. The minimum atomic E-state index is -0.795.